The Morgan fingerprint density at radius 2 is 1.96 bits per heavy atom. The van der Waals surface area contributed by atoms with Gasteiger partial charge in [0.1, 0.15) is 11.5 Å². The molecule has 23 heavy (non-hydrogen) atoms. The van der Waals surface area contributed by atoms with Crippen LogP contribution in [0.3, 0.4) is 0 Å². The van der Waals surface area contributed by atoms with E-state index in [1.165, 1.54) is 7.11 Å². The molecule has 1 saturated carbocycles. The molecular formula is C17H23NO5. The van der Waals surface area contributed by atoms with Gasteiger partial charge in [-0.25, -0.2) is 0 Å². The number of hydrogen-bond donors (Lipinski definition) is 0. The number of amides is 1. The summed E-state index contributed by atoms with van der Waals surface area (Å²) in [6, 6.07) is 7.32. The van der Waals surface area contributed by atoms with E-state index in [-0.39, 0.29) is 30.4 Å². The number of methoxy groups -OCH3 is 2. The van der Waals surface area contributed by atoms with E-state index in [1.807, 2.05) is 6.07 Å². The van der Waals surface area contributed by atoms with E-state index in [2.05, 4.69) is 0 Å². The van der Waals surface area contributed by atoms with Crippen LogP contribution in [0.2, 0.25) is 0 Å². The highest BCUT2D eigenvalue weighted by atomic mass is 16.5. The Balaban J connectivity index is 1.92. The van der Waals surface area contributed by atoms with Crippen molar-refractivity contribution in [3.05, 3.63) is 24.3 Å². The SMILES string of the molecule is COC(=O)C(C)CN(C(=O)COc1cccc(OC)c1)C1CC1. The zero-order valence-corrected chi connectivity index (χ0v) is 13.8. The van der Waals surface area contributed by atoms with Crippen LogP contribution in [0.1, 0.15) is 19.8 Å². The second-order valence-corrected chi connectivity index (χ2v) is 5.67. The largest absolute Gasteiger partial charge is 0.497 e. The first-order chi connectivity index (χ1) is 11.0. The molecule has 6 heteroatoms. The molecule has 0 aromatic heterocycles. The van der Waals surface area contributed by atoms with Crippen molar-refractivity contribution in [3.8, 4) is 11.5 Å². The second kappa shape index (κ2) is 7.85. The predicted molar refractivity (Wildman–Crippen MR) is 84.4 cm³/mol. The van der Waals surface area contributed by atoms with Crippen LogP contribution in [0.4, 0.5) is 0 Å². The molecule has 1 amide bonds. The van der Waals surface area contributed by atoms with Crippen molar-refractivity contribution in [1.29, 1.82) is 0 Å². The van der Waals surface area contributed by atoms with Crippen LogP contribution in [0.15, 0.2) is 24.3 Å². The second-order valence-electron chi connectivity index (χ2n) is 5.67. The quantitative estimate of drug-likeness (QED) is 0.684. The predicted octanol–water partition coefficient (Wildman–Crippen LogP) is 1.87. The summed E-state index contributed by atoms with van der Waals surface area (Å²) in [5.41, 5.74) is 0. The third-order valence-electron chi connectivity index (χ3n) is 3.79. The number of hydrogen-bond acceptors (Lipinski definition) is 5. The fraction of sp³-hybridized carbons (Fsp3) is 0.529. The Kier molecular flexibility index (Phi) is 5.84. The number of benzene rings is 1. The van der Waals surface area contributed by atoms with Gasteiger partial charge in [0.15, 0.2) is 6.61 Å². The maximum absolute atomic E-state index is 12.4. The molecule has 126 valence electrons. The van der Waals surface area contributed by atoms with E-state index in [0.29, 0.717) is 18.0 Å². The fourth-order valence-corrected chi connectivity index (χ4v) is 2.33. The molecule has 1 unspecified atom stereocenters. The van der Waals surface area contributed by atoms with E-state index >= 15 is 0 Å². The van der Waals surface area contributed by atoms with Crippen LogP contribution in [-0.2, 0) is 14.3 Å². The lowest BCUT2D eigenvalue weighted by Crippen LogP contribution is -2.41. The van der Waals surface area contributed by atoms with Gasteiger partial charge in [0, 0.05) is 18.7 Å². The third-order valence-corrected chi connectivity index (χ3v) is 3.79. The van der Waals surface area contributed by atoms with Crippen molar-refractivity contribution >= 4 is 11.9 Å². The molecular weight excluding hydrogens is 298 g/mol. The average molecular weight is 321 g/mol. The van der Waals surface area contributed by atoms with Crippen LogP contribution >= 0.6 is 0 Å². The number of ether oxygens (including phenoxy) is 3. The maximum Gasteiger partial charge on any atom is 0.310 e. The molecule has 1 aromatic rings. The molecule has 0 N–H and O–H groups in total. The van der Waals surface area contributed by atoms with E-state index in [0.717, 1.165) is 12.8 Å². The van der Waals surface area contributed by atoms with Gasteiger partial charge in [-0.2, -0.15) is 0 Å². The minimum atomic E-state index is -0.346. The lowest BCUT2D eigenvalue weighted by molar-refractivity contribution is -0.146. The molecule has 1 aliphatic rings. The maximum atomic E-state index is 12.4. The molecule has 0 aliphatic heterocycles. The van der Waals surface area contributed by atoms with E-state index in [1.54, 1.807) is 37.1 Å². The van der Waals surface area contributed by atoms with Crippen LogP contribution in [0.5, 0.6) is 11.5 Å². The molecule has 1 atom stereocenters. The number of nitrogens with zero attached hydrogens (tertiary/aromatic N) is 1. The Labute approximate surface area is 136 Å². The van der Waals surface area contributed by atoms with Gasteiger partial charge in [0.25, 0.3) is 5.91 Å². The standard InChI is InChI=1S/C17H23NO5/c1-12(17(20)22-3)10-18(13-7-8-13)16(19)11-23-15-6-4-5-14(9-15)21-2/h4-6,9,12-13H,7-8,10-11H2,1-3H3. The summed E-state index contributed by atoms with van der Waals surface area (Å²) in [7, 11) is 2.93. The average Bonchev–Trinajstić information content (AvgIpc) is 3.41. The molecule has 0 heterocycles. The van der Waals surface area contributed by atoms with Crippen molar-refractivity contribution in [3.63, 3.8) is 0 Å². The monoisotopic (exact) mass is 321 g/mol. The lowest BCUT2D eigenvalue weighted by Gasteiger charge is -2.25. The Morgan fingerprint density at radius 1 is 1.26 bits per heavy atom. The van der Waals surface area contributed by atoms with Crippen LogP contribution in [0, 0.1) is 5.92 Å². The Morgan fingerprint density at radius 3 is 2.57 bits per heavy atom. The summed E-state index contributed by atoms with van der Waals surface area (Å²) in [6.07, 6.45) is 1.94. The first-order valence-electron chi connectivity index (χ1n) is 7.69. The molecule has 1 fully saturated rings. The molecule has 0 bridgehead atoms. The number of carbonyl (C=O) groups excluding carboxylic acids is 2. The van der Waals surface area contributed by atoms with E-state index in [4.69, 9.17) is 14.2 Å². The van der Waals surface area contributed by atoms with Gasteiger partial charge in [-0.3, -0.25) is 9.59 Å². The molecule has 0 saturated heterocycles. The van der Waals surface area contributed by atoms with E-state index < -0.39 is 0 Å². The topological polar surface area (TPSA) is 65.1 Å². The van der Waals surface area contributed by atoms with Gasteiger partial charge >= 0.3 is 5.97 Å². The number of carbonyl (C=O) groups is 2. The zero-order chi connectivity index (χ0) is 16.8. The highest BCUT2D eigenvalue weighted by Crippen LogP contribution is 2.28. The summed E-state index contributed by atoms with van der Waals surface area (Å²) in [5.74, 6) is 0.479. The summed E-state index contributed by atoms with van der Waals surface area (Å²) in [4.78, 5) is 25.7. The number of rotatable bonds is 8. The van der Waals surface area contributed by atoms with Crippen LogP contribution in [-0.4, -0.2) is 50.2 Å². The number of esters is 1. The van der Waals surface area contributed by atoms with Gasteiger partial charge < -0.3 is 19.1 Å². The molecule has 6 nitrogen and oxygen atoms in total. The minimum Gasteiger partial charge on any atom is -0.497 e. The van der Waals surface area contributed by atoms with Crippen molar-refractivity contribution in [2.24, 2.45) is 5.92 Å². The summed E-state index contributed by atoms with van der Waals surface area (Å²) < 4.78 is 15.4. The van der Waals surface area contributed by atoms with Gasteiger partial charge in [0.2, 0.25) is 0 Å². The van der Waals surface area contributed by atoms with Gasteiger partial charge in [-0.1, -0.05) is 13.0 Å². The Bertz CT molecular complexity index is 556. The first kappa shape index (κ1) is 17.1. The molecule has 2 rings (SSSR count). The van der Waals surface area contributed by atoms with Crippen molar-refractivity contribution in [2.45, 2.75) is 25.8 Å². The molecule has 1 aliphatic carbocycles. The van der Waals surface area contributed by atoms with Gasteiger partial charge in [-0.05, 0) is 25.0 Å². The van der Waals surface area contributed by atoms with Crippen LogP contribution in [0.25, 0.3) is 0 Å². The third kappa shape index (κ3) is 4.87. The zero-order valence-electron chi connectivity index (χ0n) is 13.8. The van der Waals surface area contributed by atoms with Crippen molar-refractivity contribution in [2.75, 3.05) is 27.4 Å². The minimum absolute atomic E-state index is 0.0580. The summed E-state index contributed by atoms with van der Waals surface area (Å²) >= 11 is 0. The fourth-order valence-electron chi connectivity index (χ4n) is 2.33. The Hall–Kier alpha value is -2.24. The highest BCUT2D eigenvalue weighted by Gasteiger charge is 2.34. The summed E-state index contributed by atoms with van der Waals surface area (Å²) in [6.45, 7) is 2.06. The first-order valence-corrected chi connectivity index (χ1v) is 7.69. The highest BCUT2D eigenvalue weighted by molar-refractivity contribution is 5.79. The lowest BCUT2D eigenvalue weighted by atomic mass is 10.1. The van der Waals surface area contributed by atoms with Crippen molar-refractivity contribution < 1.29 is 23.8 Å². The normalized spacial score (nSPS) is 14.7. The molecule has 0 radical (unpaired) electrons. The summed E-state index contributed by atoms with van der Waals surface area (Å²) in [5, 5.41) is 0. The van der Waals surface area contributed by atoms with Crippen molar-refractivity contribution in [1.82, 2.24) is 4.90 Å². The van der Waals surface area contributed by atoms with Crippen LogP contribution < -0.4 is 9.47 Å². The molecule has 0 spiro atoms. The van der Waals surface area contributed by atoms with Gasteiger partial charge in [0.05, 0.1) is 20.1 Å². The van der Waals surface area contributed by atoms with Gasteiger partial charge in [-0.15, -0.1) is 0 Å². The van der Waals surface area contributed by atoms with E-state index in [9.17, 15) is 9.59 Å². The molecule has 1 aromatic carbocycles. The smallest absolute Gasteiger partial charge is 0.310 e.